The summed E-state index contributed by atoms with van der Waals surface area (Å²) in [6, 6.07) is 3.84. The van der Waals surface area contributed by atoms with Crippen molar-refractivity contribution in [2.45, 2.75) is 33.1 Å². The highest BCUT2D eigenvalue weighted by atomic mass is 16.3. The van der Waals surface area contributed by atoms with E-state index < -0.39 is 0 Å². The number of carbonyl (C=O) groups is 1. The van der Waals surface area contributed by atoms with Gasteiger partial charge < -0.3 is 10.4 Å². The number of pyridine rings is 1. The van der Waals surface area contributed by atoms with Crippen molar-refractivity contribution in [3.05, 3.63) is 30.1 Å². The number of amides is 1. The van der Waals surface area contributed by atoms with Crippen LogP contribution in [-0.2, 0) is 11.2 Å². The fraction of sp³-hybridized carbons (Fsp3) is 0.571. The Morgan fingerprint density at radius 2 is 2.28 bits per heavy atom. The van der Waals surface area contributed by atoms with Crippen LogP contribution in [-0.4, -0.2) is 29.1 Å². The predicted octanol–water partition coefficient (Wildman–Crippen LogP) is 1.54. The average molecular weight is 250 g/mol. The molecule has 0 unspecified atom stereocenters. The zero-order valence-electron chi connectivity index (χ0n) is 11.1. The molecule has 4 heteroatoms. The molecule has 0 aliphatic carbocycles. The summed E-state index contributed by atoms with van der Waals surface area (Å²) < 4.78 is 0. The number of nitrogens with zero attached hydrogens (tertiary/aromatic N) is 1. The Kier molecular flexibility index (Phi) is 5.78. The highest BCUT2D eigenvalue weighted by Crippen LogP contribution is 2.17. The van der Waals surface area contributed by atoms with Gasteiger partial charge in [0.2, 0.25) is 5.91 Å². The van der Waals surface area contributed by atoms with Gasteiger partial charge in [0.25, 0.3) is 0 Å². The summed E-state index contributed by atoms with van der Waals surface area (Å²) in [5, 5.41) is 11.8. The highest BCUT2D eigenvalue weighted by molar-refractivity contribution is 5.76. The van der Waals surface area contributed by atoms with Crippen LogP contribution in [0.2, 0.25) is 0 Å². The summed E-state index contributed by atoms with van der Waals surface area (Å²) in [7, 11) is 0. The van der Waals surface area contributed by atoms with Crippen LogP contribution in [0.25, 0.3) is 0 Å². The van der Waals surface area contributed by atoms with E-state index >= 15 is 0 Å². The van der Waals surface area contributed by atoms with Crippen LogP contribution >= 0.6 is 0 Å². The SMILES string of the molecule is CC(C)(CCO)CNC(=O)CCc1cccnc1. The van der Waals surface area contributed by atoms with Crippen LogP contribution < -0.4 is 5.32 Å². The Balaban J connectivity index is 2.26. The molecule has 0 aliphatic rings. The van der Waals surface area contributed by atoms with Gasteiger partial charge in [-0.15, -0.1) is 0 Å². The van der Waals surface area contributed by atoms with E-state index in [4.69, 9.17) is 5.11 Å². The number of hydrogen-bond acceptors (Lipinski definition) is 3. The van der Waals surface area contributed by atoms with Gasteiger partial charge in [-0.25, -0.2) is 0 Å². The first kappa shape index (κ1) is 14.6. The van der Waals surface area contributed by atoms with Crippen molar-refractivity contribution >= 4 is 5.91 Å². The normalized spacial score (nSPS) is 11.3. The third-order valence-electron chi connectivity index (χ3n) is 2.92. The molecule has 1 aromatic rings. The van der Waals surface area contributed by atoms with Gasteiger partial charge in [-0.2, -0.15) is 0 Å². The Morgan fingerprint density at radius 3 is 2.89 bits per heavy atom. The fourth-order valence-electron chi connectivity index (χ4n) is 1.62. The third kappa shape index (κ3) is 5.77. The van der Waals surface area contributed by atoms with Crippen molar-refractivity contribution in [3.63, 3.8) is 0 Å². The van der Waals surface area contributed by atoms with Crippen molar-refractivity contribution in [2.24, 2.45) is 5.41 Å². The monoisotopic (exact) mass is 250 g/mol. The van der Waals surface area contributed by atoms with Gasteiger partial charge in [-0.05, 0) is 29.9 Å². The van der Waals surface area contributed by atoms with Gasteiger partial charge in [0.15, 0.2) is 0 Å². The molecule has 0 fully saturated rings. The molecule has 1 heterocycles. The molecule has 0 aromatic carbocycles. The smallest absolute Gasteiger partial charge is 0.220 e. The fourth-order valence-corrected chi connectivity index (χ4v) is 1.62. The Hall–Kier alpha value is -1.42. The molecule has 0 saturated heterocycles. The molecule has 18 heavy (non-hydrogen) atoms. The van der Waals surface area contributed by atoms with E-state index in [-0.39, 0.29) is 17.9 Å². The van der Waals surface area contributed by atoms with Crippen LogP contribution in [0.3, 0.4) is 0 Å². The van der Waals surface area contributed by atoms with Crippen molar-refractivity contribution in [1.82, 2.24) is 10.3 Å². The second-order valence-corrected chi connectivity index (χ2v) is 5.28. The molecular formula is C14H22N2O2. The Morgan fingerprint density at radius 1 is 1.50 bits per heavy atom. The number of hydrogen-bond donors (Lipinski definition) is 2. The highest BCUT2D eigenvalue weighted by Gasteiger charge is 2.17. The summed E-state index contributed by atoms with van der Waals surface area (Å²) in [5.41, 5.74) is 1.01. The molecule has 1 aromatic heterocycles. The third-order valence-corrected chi connectivity index (χ3v) is 2.92. The minimum absolute atomic E-state index is 0.0462. The molecule has 2 N–H and O–H groups in total. The quantitative estimate of drug-likeness (QED) is 0.771. The average Bonchev–Trinajstić information content (AvgIpc) is 2.35. The molecule has 100 valence electrons. The molecule has 0 aliphatic heterocycles. The minimum Gasteiger partial charge on any atom is -0.396 e. The van der Waals surface area contributed by atoms with Crippen LogP contribution in [0.15, 0.2) is 24.5 Å². The summed E-state index contributed by atoms with van der Waals surface area (Å²) in [5.74, 6) is 0.0462. The maximum Gasteiger partial charge on any atom is 0.220 e. The number of aromatic nitrogens is 1. The number of carbonyl (C=O) groups excluding carboxylic acids is 1. The van der Waals surface area contributed by atoms with E-state index in [0.29, 0.717) is 25.8 Å². The molecule has 0 atom stereocenters. The minimum atomic E-state index is -0.0568. The van der Waals surface area contributed by atoms with E-state index in [2.05, 4.69) is 10.3 Å². The lowest BCUT2D eigenvalue weighted by molar-refractivity contribution is -0.121. The number of nitrogens with one attached hydrogen (secondary N) is 1. The van der Waals surface area contributed by atoms with Crippen molar-refractivity contribution < 1.29 is 9.90 Å². The molecule has 4 nitrogen and oxygen atoms in total. The number of aryl methyl sites for hydroxylation is 1. The van der Waals surface area contributed by atoms with Gasteiger partial charge in [0, 0.05) is 32.0 Å². The van der Waals surface area contributed by atoms with Crippen LogP contribution in [0.1, 0.15) is 32.3 Å². The van der Waals surface area contributed by atoms with Crippen LogP contribution in [0.5, 0.6) is 0 Å². The van der Waals surface area contributed by atoms with Crippen molar-refractivity contribution in [2.75, 3.05) is 13.2 Å². The molecule has 0 bridgehead atoms. The lowest BCUT2D eigenvalue weighted by atomic mass is 9.90. The van der Waals surface area contributed by atoms with Crippen molar-refractivity contribution in [3.8, 4) is 0 Å². The molecule has 1 rings (SSSR count). The predicted molar refractivity (Wildman–Crippen MR) is 71.1 cm³/mol. The van der Waals surface area contributed by atoms with E-state index in [1.807, 2.05) is 26.0 Å². The van der Waals surface area contributed by atoms with Gasteiger partial charge in [-0.1, -0.05) is 19.9 Å². The van der Waals surface area contributed by atoms with Crippen molar-refractivity contribution in [1.29, 1.82) is 0 Å². The zero-order chi connectivity index (χ0) is 13.4. The molecule has 0 saturated carbocycles. The molecule has 0 radical (unpaired) electrons. The van der Waals surface area contributed by atoms with Gasteiger partial charge >= 0.3 is 0 Å². The largest absolute Gasteiger partial charge is 0.396 e. The zero-order valence-corrected chi connectivity index (χ0v) is 11.1. The summed E-state index contributed by atoms with van der Waals surface area (Å²) in [6.45, 7) is 4.81. The van der Waals surface area contributed by atoms with E-state index in [1.165, 1.54) is 0 Å². The topological polar surface area (TPSA) is 62.2 Å². The standard InChI is InChI=1S/C14H22N2O2/c1-14(2,7-9-17)11-16-13(18)6-5-12-4-3-8-15-10-12/h3-4,8,10,17H,5-7,9,11H2,1-2H3,(H,16,18). The maximum atomic E-state index is 11.7. The first-order valence-corrected chi connectivity index (χ1v) is 6.30. The summed E-state index contributed by atoms with van der Waals surface area (Å²) in [6.07, 6.45) is 5.38. The molecule has 0 spiro atoms. The number of aliphatic hydroxyl groups is 1. The van der Waals surface area contributed by atoms with E-state index in [0.717, 1.165) is 5.56 Å². The van der Waals surface area contributed by atoms with E-state index in [9.17, 15) is 4.79 Å². The van der Waals surface area contributed by atoms with Crippen LogP contribution in [0, 0.1) is 5.41 Å². The second-order valence-electron chi connectivity index (χ2n) is 5.28. The number of rotatable bonds is 7. The summed E-state index contributed by atoms with van der Waals surface area (Å²) in [4.78, 5) is 15.7. The van der Waals surface area contributed by atoms with Gasteiger partial charge in [0.1, 0.15) is 0 Å². The summed E-state index contributed by atoms with van der Waals surface area (Å²) >= 11 is 0. The number of aliphatic hydroxyl groups excluding tert-OH is 1. The Labute approximate surface area is 108 Å². The van der Waals surface area contributed by atoms with E-state index in [1.54, 1.807) is 12.4 Å². The van der Waals surface area contributed by atoms with Crippen LogP contribution in [0.4, 0.5) is 0 Å². The molecule has 1 amide bonds. The van der Waals surface area contributed by atoms with Gasteiger partial charge in [0.05, 0.1) is 0 Å². The lowest BCUT2D eigenvalue weighted by Gasteiger charge is -2.23. The molecular weight excluding hydrogens is 228 g/mol. The first-order chi connectivity index (χ1) is 8.53. The van der Waals surface area contributed by atoms with Gasteiger partial charge in [-0.3, -0.25) is 9.78 Å². The maximum absolute atomic E-state index is 11.7. The lowest BCUT2D eigenvalue weighted by Crippen LogP contribution is -2.34. The first-order valence-electron chi connectivity index (χ1n) is 6.30. The Bertz CT molecular complexity index is 363. The second kappa shape index (κ2) is 7.11.